The Kier molecular flexibility index (Phi) is 6.48. The summed E-state index contributed by atoms with van der Waals surface area (Å²) in [5.74, 6) is 0. The van der Waals surface area contributed by atoms with Crippen LogP contribution in [0, 0.1) is 0 Å². The molecule has 0 aliphatic heterocycles. The molecule has 250 valence electrons. The summed E-state index contributed by atoms with van der Waals surface area (Å²) < 4.78 is 5.40. The molecular formula is C52H30S2. The van der Waals surface area contributed by atoms with E-state index in [4.69, 9.17) is 0 Å². The monoisotopic (exact) mass is 718 g/mol. The first-order valence-electron chi connectivity index (χ1n) is 18.5. The Morgan fingerprint density at radius 2 is 0.741 bits per heavy atom. The van der Waals surface area contributed by atoms with Crippen molar-refractivity contribution in [3.8, 4) is 33.4 Å². The Labute approximate surface area is 319 Å². The van der Waals surface area contributed by atoms with Crippen LogP contribution in [-0.4, -0.2) is 0 Å². The lowest BCUT2D eigenvalue weighted by Gasteiger charge is -2.18. The number of rotatable bonds is 3. The summed E-state index contributed by atoms with van der Waals surface area (Å²) in [4.78, 5) is 0. The summed E-state index contributed by atoms with van der Waals surface area (Å²) in [6.45, 7) is 0. The maximum Gasteiger partial charge on any atom is 0.0368 e. The lowest BCUT2D eigenvalue weighted by molar-refractivity contribution is 1.64. The van der Waals surface area contributed by atoms with Gasteiger partial charge in [-0.25, -0.2) is 0 Å². The van der Waals surface area contributed by atoms with Crippen molar-refractivity contribution in [1.29, 1.82) is 0 Å². The van der Waals surface area contributed by atoms with Crippen LogP contribution in [0.4, 0.5) is 0 Å². The molecule has 54 heavy (non-hydrogen) atoms. The molecule has 0 unspecified atom stereocenters. The second kappa shape index (κ2) is 11.6. The fourth-order valence-corrected chi connectivity index (χ4v) is 11.4. The number of fused-ring (bicyclic) bond motifs is 12. The van der Waals surface area contributed by atoms with E-state index in [-0.39, 0.29) is 0 Å². The van der Waals surface area contributed by atoms with Gasteiger partial charge in [-0.3, -0.25) is 0 Å². The molecule has 0 saturated carbocycles. The van der Waals surface area contributed by atoms with Crippen LogP contribution in [0.25, 0.3) is 117 Å². The minimum absolute atomic E-state index is 1.23. The smallest absolute Gasteiger partial charge is 0.0368 e. The fourth-order valence-electron chi connectivity index (χ4n) is 9.09. The average Bonchev–Trinajstić information content (AvgIpc) is 3.81. The van der Waals surface area contributed by atoms with Crippen LogP contribution in [0.3, 0.4) is 0 Å². The fraction of sp³-hybridized carbons (Fsp3) is 0. The zero-order valence-electron chi connectivity index (χ0n) is 29.1. The van der Waals surface area contributed by atoms with Crippen LogP contribution in [0.2, 0.25) is 0 Å². The highest BCUT2D eigenvalue weighted by atomic mass is 32.1. The highest BCUT2D eigenvalue weighted by Crippen LogP contribution is 2.49. The molecule has 0 aliphatic rings. The summed E-state index contributed by atoms with van der Waals surface area (Å²) in [7, 11) is 0. The van der Waals surface area contributed by atoms with Crippen LogP contribution in [-0.2, 0) is 0 Å². The van der Waals surface area contributed by atoms with Gasteiger partial charge in [0.15, 0.2) is 0 Å². The second-order valence-electron chi connectivity index (χ2n) is 14.3. The second-order valence-corrected chi connectivity index (χ2v) is 16.5. The standard InChI is InChI=1S/C52H30S2/c1-2-12-34-29-35(26-21-31(34)11-1)49-40-17-7-5-15-38(40)48(39-16-6-8-18-41(39)49)33-24-22-32(23-25-33)43-30-47-50(37-14-4-3-13-36(37)43)52-46(54-47)28-27-45-51(52)42-19-9-10-20-44(42)53-45/h1-30H. The first kappa shape index (κ1) is 30.2. The van der Waals surface area contributed by atoms with Crippen molar-refractivity contribution < 1.29 is 0 Å². The van der Waals surface area contributed by atoms with E-state index in [1.807, 2.05) is 22.7 Å². The van der Waals surface area contributed by atoms with E-state index < -0.39 is 0 Å². The lowest BCUT2D eigenvalue weighted by atomic mass is 9.85. The van der Waals surface area contributed by atoms with Crippen LogP contribution < -0.4 is 0 Å². The summed E-state index contributed by atoms with van der Waals surface area (Å²) in [6.07, 6.45) is 0. The first-order valence-corrected chi connectivity index (χ1v) is 20.1. The Morgan fingerprint density at radius 3 is 1.44 bits per heavy atom. The van der Waals surface area contributed by atoms with Gasteiger partial charge < -0.3 is 0 Å². The maximum atomic E-state index is 2.45. The molecule has 0 fully saturated rings. The van der Waals surface area contributed by atoms with Gasteiger partial charge in [0.05, 0.1) is 0 Å². The van der Waals surface area contributed by atoms with Gasteiger partial charge in [-0.2, -0.15) is 0 Å². The Hall–Kier alpha value is -6.32. The van der Waals surface area contributed by atoms with E-state index in [1.54, 1.807) is 0 Å². The minimum Gasteiger partial charge on any atom is -0.135 e. The van der Waals surface area contributed by atoms with Crippen molar-refractivity contribution in [3.05, 3.63) is 182 Å². The molecule has 2 aromatic heterocycles. The predicted octanol–water partition coefficient (Wildman–Crippen LogP) is 16.0. The maximum absolute atomic E-state index is 2.45. The molecule has 2 heterocycles. The molecule has 0 bridgehead atoms. The van der Waals surface area contributed by atoms with Crippen molar-refractivity contribution in [1.82, 2.24) is 0 Å². The molecule has 10 aromatic carbocycles. The molecule has 12 aromatic rings. The molecular weight excluding hydrogens is 689 g/mol. The van der Waals surface area contributed by atoms with Crippen molar-refractivity contribution in [2.24, 2.45) is 0 Å². The third-order valence-electron chi connectivity index (χ3n) is 11.4. The molecule has 0 N–H and O–H groups in total. The van der Waals surface area contributed by atoms with E-state index in [9.17, 15) is 0 Å². The number of thiophene rings is 2. The molecule has 0 nitrogen and oxygen atoms in total. The molecule has 0 spiro atoms. The van der Waals surface area contributed by atoms with Gasteiger partial charge in [0.25, 0.3) is 0 Å². The van der Waals surface area contributed by atoms with Gasteiger partial charge in [-0.15, -0.1) is 22.7 Å². The predicted molar refractivity (Wildman–Crippen MR) is 239 cm³/mol. The van der Waals surface area contributed by atoms with E-state index >= 15 is 0 Å². The highest BCUT2D eigenvalue weighted by molar-refractivity contribution is 7.28. The quantitative estimate of drug-likeness (QED) is 0.160. The Balaban J connectivity index is 1.06. The van der Waals surface area contributed by atoms with Crippen LogP contribution in [0.15, 0.2) is 182 Å². The van der Waals surface area contributed by atoms with E-state index in [1.165, 1.54) is 117 Å². The first-order chi connectivity index (χ1) is 26.8. The van der Waals surface area contributed by atoms with E-state index in [0.29, 0.717) is 0 Å². The Bertz CT molecular complexity index is 3430. The van der Waals surface area contributed by atoms with Gasteiger partial charge in [-0.1, -0.05) is 152 Å². The van der Waals surface area contributed by atoms with Crippen molar-refractivity contribution >= 4 is 106 Å². The molecule has 0 saturated heterocycles. The van der Waals surface area contributed by atoms with Crippen LogP contribution in [0.1, 0.15) is 0 Å². The summed E-state index contributed by atoms with van der Waals surface area (Å²) in [6, 6.07) is 67.8. The van der Waals surface area contributed by atoms with Crippen molar-refractivity contribution in [2.45, 2.75) is 0 Å². The van der Waals surface area contributed by atoms with Gasteiger partial charge in [0, 0.05) is 40.3 Å². The number of hydrogen-bond donors (Lipinski definition) is 0. The topological polar surface area (TPSA) is 0 Å². The largest absolute Gasteiger partial charge is 0.135 e. The normalized spacial score (nSPS) is 12.1. The van der Waals surface area contributed by atoms with Gasteiger partial charge >= 0.3 is 0 Å². The van der Waals surface area contributed by atoms with E-state index in [0.717, 1.165) is 0 Å². The number of benzene rings is 10. The van der Waals surface area contributed by atoms with Crippen LogP contribution in [0.5, 0.6) is 0 Å². The molecule has 0 amide bonds. The molecule has 0 aliphatic carbocycles. The van der Waals surface area contributed by atoms with Crippen molar-refractivity contribution in [3.63, 3.8) is 0 Å². The van der Waals surface area contributed by atoms with Gasteiger partial charge in [-0.05, 0) is 107 Å². The minimum atomic E-state index is 1.23. The molecule has 12 rings (SSSR count). The van der Waals surface area contributed by atoms with Crippen LogP contribution >= 0.6 is 22.7 Å². The summed E-state index contributed by atoms with van der Waals surface area (Å²) >= 11 is 3.82. The highest BCUT2D eigenvalue weighted by Gasteiger charge is 2.20. The number of hydrogen-bond acceptors (Lipinski definition) is 2. The summed E-state index contributed by atoms with van der Waals surface area (Å²) in [5, 5.41) is 15.8. The van der Waals surface area contributed by atoms with Gasteiger partial charge in [0.1, 0.15) is 0 Å². The van der Waals surface area contributed by atoms with Crippen molar-refractivity contribution in [2.75, 3.05) is 0 Å². The summed E-state index contributed by atoms with van der Waals surface area (Å²) in [5.41, 5.74) is 7.58. The zero-order valence-corrected chi connectivity index (χ0v) is 30.8. The van der Waals surface area contributed by atoms with Gasteiger partial charge in [0.2, 0.25) is 0 Å². The average molecular weight is 719 g/mol. The molecule has 0 atom stereocenters. The zero-order chi connectivity index (χ0) is 35.3. The van der Waals surface area contributed by atoms with E-state index in [2.05, 4.69) is 182 Å². The molecule has 2 heteroatoms. The SMILES string of the molecule is c1ccc2cc(-c3c4ccccc4c(-c4ccc(-c5cc6sc7ccc8sc9ccccc9c8c7c6c6ccccc56)cc4)c4ccccc34)ccc2c1. The third-order valence-corrected chi connectivity index (χ3v) is 13.7. The Morgan fingerprint density at radius 1 is 0.259 bits per heavy atom. The molecule has 0 radical (unpaired) electrons. The third kappa shape index (κ3) is 4.36. The lowest BCUT2D eigenvalue weighted by Crippen LogP contribution is -1.91.